The number of nitrogens with one attached hydrogen (secondary N) is 2. The maximum absolute atomic E-state index is 13.0. The maximum Gasteiger partial charge on any atom is 0.416 e. The summed E-state index contributed by atoms with van der Waals surface area (Å²) in [4.78, 5) is 4.51. The van der Waals surface area contributed by atoms with Gasteiger partial charge in [0.25, 0.3) is 0 Å². The first-order valence-corrected chi connectivity index (χ1v) is 8.94. The zero-order chi connectivity index (χ0) is 20.2. The molecule has 148 valence electrons. The number of aromatic nitrogens is 3. The number of nitrogens with zero attached hydrogens (tertiary/aromatic N) is 2. The Bertz CT molecular complexity index is 1210. The minimum Gasteiger partial charge on any atom is -0.456 e. The number of rotatable bonds is 2. The quantitative estimate of drug-likeness (QED) is 0.473. The molecule has 1 aliphatic heterocycles. The minimum absolute atomic E-state index is 0.303. The van der Waals surface area contributed by atoms with E-state index < -0.39 is 17.8 Å². The van der Waals surface area contributed by atoms with E-state index in [1.54, 1.807) is 24.4 Å². The molecule has 3 N–H and O–H groups in total. The van der Waals surface area contributed by atoms with Gasteiger partial charge in [-0.3, -0.25) is 5.10 Å². The van der Waals surface area contributed by atoms with Crippen LogP contribution in [0.4, 0.5) is 13.2 Å². The van der Waals surface area contributed by atoms with Crippen molar-refractivity contribution < 1.29 is 22.7 Å². The summed E-state index contributed by atoms with van der Waals surface area (Å²) in [6, 6.07) is 8.29. The summed E-state index contributed by atoms with van der Waals surface area (Å²) in [7, 11) is 0. The number of aliphatic hydroxyl groups excluding tert-OH is 1. The van der Waals surface area contributed by atoms with Crippen LogP contribution in [0.5, 0.6) is 0 Å². The largest absolute Gasteiger partial charge is 0.456 e. The number of furan rings is 1. The normalized spacial score (nSPS) is 16.9. The fourth-order valence-corrected chi connectivity index (χ4v) is 3.70. The van der Waals surface area contributed by atoms with Crippen molar-refractivity contribution in [1.82, 2.24) is 20.5 Å². The number of halogens is 3. The van der Waals surface area contributed by atoms with E-state index in [1.165, 1.54) is 6.07 Å². The van der Waals surface area contributed by atoms with Crippen LogP contribution in [-0.4, -0.2) is 26.8 Å². The van der Waals surface area contributed by atoms with Crippen molar-refractivity contribution in [2.45, 2.75) is 18.8 Å². The molecule has 4 heterocycles. The number of aromatic amines is 1. The molecule has 3 aromatic heterocycles. The minimum atomic E-state index is -4.43. The second-order valence-corrected chi connectivity index (χ2v) is 6.87. The molecule has 0 spiro atoms. The number of hydrogen-bond acceptors (Lipinski definition) is 5. The molecular weight excluding hydrogens is 385 g/mol. The molecular formula is C20H15F3N4O2. The lowest BCUT2D eigenvalue weighted by Crippen LogP contribution is -2.29. The first-order valence-electron chi connectivity index (χ1n) is 8.94. The summed E-state index contributed by atoms with van der Waals surface area (Å²) in [5, 5.41) is 21.2. The van der Waals surface area contributed by atoms with Crippen LogP contribution < -0.4 is 5.32 Å². The van der Waals surface area contributed by atoms with E-state index >= 15 is 0 Å². The Kier molecular flexibility index (Phi) is 3.97. The van der Waals surface area contributed by atoms with Crippen LogP contribution in [-0.2, 0) is 12.7 Å². The molecule has 6 nitrogen and oxygen atoms in total. The van der Waals surface area contributed by atoms with Crippen LogP contribution in [0.3, 0.4) is 0 Å². The lowest BCUT2D eigenvalue weighted by molar-refractivity contribution is -0.137. The van der Waals surface area contributed by atoms with Crippen molar-refractivity contribution in [3.8, 4) is 22.6 Å². The summed E-state index contributed by atoms with van der Waals surface area (Å²) >= 11 is 0. The van der Waals surface area contributed by atoms with Gasteiger partial charge >= 0.3 is 6.18 Å². The van der Waals surface area contributed by atoms with Crippen molar-refractivity contribution in [1.29, 1.82) is 0 Å². The van der Waals surface area contributed by atoms with E-state index in [1.807, 2.05) is 0 Å². The predicted octanol–water partition coefficient (Wildman–Crippen LogP) is 4.04. The molecule has 0 radical (unpaired) electrons. The number of fused-ring (bicyclic) bond motifs is 2. The Morgan fingerprint density at radius 2 is 1.97 bits per heavy atom. The molecule has 5 rings (SSSR count). The molecule has 0 saturated carbocycles. The van der Waals surface area contributed by atoms with Crippen LogP contribution in [0.25, 0.3) is 33.7 Å². The molecule has 0 amide bonds. The average Bonchev–Trinajstić information content (AvgIpc) is 3.35. The van der Waals surface area contributed by atoms with Crippen LogP contribution in [0.2, 0.25) is 0 Å². The van der Waals surface area contributed by atoms with Crippen LogP contribution in [0, 0.1) is 0 Å². The number of H-pyrrole nitrogens is 1. The molecule has 9 heteroatoms. The summed E-state index contributed by atoms with van der Waals surface area (Å²) in [6.07, 6.45) is -3.63. The Balaban J connectivity index is 1.66. The molecule has 29 heavy (non-hydrogen) atoms. The monoisotopic (exact) mass is 400 g/mol. The average molecular weight is 400 g/mol. The number of alkyl halides is 3. The molecule has 1 atom stereocenters. The smallest absolute Gasteiger partial charge is 0.416 e. The van der Waals surface area contributed by atoms with Gasteiger partial charge in [-0.15, -0.1) is 0 Å². The van der Waals surface area contributed by atoms with Crippen molar-refractivity contribution in [3.05, 3.63) is 59.4 Å². The van der Waals surface area contributed by atoms with Crippen molar-refractivity contribution in [3.63, 3.8) is 0 Å². The fourth-order valence-electron chi connectivity index (χ4n) is 3.70. The molecule has 0 fully saturated rings. The van der Waals surface area contributed by atoms with Crippen LogP contribution in [0.1, 0.15) is 22.9 Å². The molecule has 1 aliphatic rings. The molecule has 4 aromatic rings. The van der Waals surface area contributed by atoms with Gasteiger partial charge in [0.15, 0.2) is 5.65 Å². The number of aliphatic hydroxyl groups is 1. The third-order valence-electron chi connectivity index (χ3n) is 5.01. The van der Waals surface area contributed by atoms with Crippen molar-refractivity contribution in [2.75, 3.05) is 6.54 Å². The number of hydrogen-bond donors (Lipinski definition) is 3. The SMILES string of the molecule is OC1CNCc2nc3[nH]ncc3c(-c3ccc(-c4cccc(C(F)(F)F)c4)o3)c21. The Hall–Kier alpha value is -3.17. The number of β-amino-alcohol motifs (C(OH)–C–C–N with tert-alkyl or cyclic N) is 1. The van der Waals surface area contributed by atoms with E-state index in [9.17, 15) is 18.3 Å². The second-order valence-electron chi connectivity index (χ2n) is 6.87. The standard InChI is InChI=1S/C20H15F3N4O2/c21-20(22,23)11-3-1-2-10(6-11)15-4-5-16(29-15)17-12-7-25-27-19(12)26-13-8-24-9-14(28)18(13)17/h1-7,14,24,28H,8-9H2,(H,25,26,27). The van der Waals surface area contributed by atoms with E-state index in [4.69, 9.17) is 4.42 Å². The number of benzene rings is 1. The lowest BCUT2D eigenvalue weighted by atomic mass is 9.94. The summed E-state index contributed by atoms with van der Waals surface area (Å²) in [5.74, 6) is 0.736. The maximum atomic E-state index is 13.0. The molecule has 0 aliphatic carbocycles. The van der Waals surface area contributed by atoms with Crippen LogP contribution >= 0.6 is 0 Å². The van der Waals surface area contributed by atoms with Gasteiger partial charge in [0.05, 0.1) is 28.9 Å². The highest BCUT2D eigenvalue weighted by atomic mass is 19.4. The molecule has 1 unspecified atom stereocenters. The summed E-state index contributed by atoms with van der Waals surface area (Å²) < 4.78 is 45.1. The van der Waals surface area contributed by atoms with E-state index in [0.29, 0.717) is 58.0 Å². The lowest BCUT2D eigenvalue weighted by Gasteiger charge is -2.24. The molecule has 1 aromatic carbocycles. The van der Waals surface area contributed by atoms with Gasteiger partial charge in [0.1, 0.15) is 11.5 Å². The summed E-state index contributed by atoms with van der Waals surface area (Å²) in [5.41, 5.74) is 2.08. The third kappa shape index (κ3) is 2.99. The fraction of sp³-hybridized carbons (Fsp3) is 0.200. The van der Waals surface area contributed by atoms with Crippen molar-refractivity contribution in [2.24, 2.45) is 0 Å². The highest BCUT2D eigenvalue weighted by Crippen LogP contribution is 2.40. The van der Waals surface area contributed by atoms with Gasteiger partial charge in [0.2, 0.25) is 0 Å². The van der Waals surface area contributed by atoms with E-state index in [0.717, 1.165) is 12.1 Å². The molecule has 0 bridgehead atoms. The van der Waals surface area contributed by atoms with Gasteiger partial charge < -0.3 is 14.8 Å². The summed E-state index contributed by atoms with van der Waals surface area (Å²) in [6.45, 7) is 0.849. The van der Waals surface area contributed by atoms with Crippen molar-refractivity contribution >= 4 is 11.0 Å². The van der Waals surface area contributed by atoms with Gasteiger partial charge in [-0.1, -0.05) is 12.1 Å². The van der Waals surface area contributed by atoms with E-state index in [2.05, 4.69) is 20.5 Å². The molecule has 0 saturated heterocycles. The first kappa shape index (κ1) is 17.9. The Labute approximate surface area is 162 Å². The van der Waals surface area contributed by atoms with Gasteiger partial charge in [0, 0.05) is 29.8 Å². The topological polar surface area (TPSA) is 87.0 Å². The first-order chi connectivity index (χ1) is 13.9. The predicted molar refractivity (Wildman–Crippen MR) is 98.7 cm³/mol. The second kappa shape index (κ2) is 6.43. The van der Waals surface area contributed by atoms with E-state index in [-0.39, 0.29) is 0 Å². The van der Waals surface area contributed by atoms with Gasteiger partial charge in [-0.05, 0) is 24.3 Å². The third-order valence-corrected chi connectivity index (χ3v) is 5.01. The van der Waals surface area contributed by atoms with Gasteiger partial charge in [-0.2, -0.15) is 18.3 Å². The number of pyridine rings is 1. The highest BCUT2D eigenvalue weighted by molar-refractivity contribution is 5.93. The van der Waals surface area contributed by atoms with Gasteiger partial charge in [-0.25, -0.2) is 4.98 Å². The van der Waals surface area contributed by atoms with Crippen LogP contribution in [0.15, 0.2) is 47.0 Å². The Morgan fingerprint density at radius 1 is 1.14 bits per heavy atom. The zero-order valence-corrected chi connectivity index (χ0v) is 14.9. The Morgan fingerprint density at radius 3 is 2.79 bits per heavy atom. The zero-order valence-electron chi connectivity index (χ0n) is 14.9. The highest BCUT2D eigenvalue weighted by Gasteiger charge is 2.31.